The van der Waals surface area contributed by atoms with E-state index in [9.17, 15) is 14.4 Å². The first-order chi connectivity index (χ1) is 14.5. The van der Waals surface area contributed by atoms with Crippen molar-refractivity contribution in [3.8, 4) is 11.3 Å². The van der Waals surface area contributed by atoms with E-state index in [1.807, 2.05) is 30.3 Å². The summed E-state index contributed by atoms with van der Waals surface area (Å²) in [6.45, 7) is 3.67. The van der Waals surface area contributed by atoms with Crippen molar-refractivity contribution < 1.29 is 9.59 Å². The van der Waals surface area contributed by atoms with E-state index in [0.29, 0.717) is 23.6 Å². The molecule has 0 radical (unpaired) electrons. The monoisotopic (exact) mass is 403 g/mol. The van der Waals surface area contributed by atoms with Gasteiger partial charge in [-0.25, -0.2) is 9.48 Å². The van der Waals surface area contributed by atoms with Crippen LogP contribution >= 0.6 is 0 Å². The minimum Gasteiger partial charge on any atom is -0.334 e. The predicted molar refractivity (Wildman–Crippen MR) is 116 cm³/mol. The minimum absolute atomic E-state index is 0.219. The maximum atomic E-state index is 12.4. The Morgan fingerprint density at radius 3 is 2.27 bits per heavy atom. The highest BCUT2D eigenvalue weighted by Gasteiger charge is 2.09. The molecule has 8 heteroatoms. The Hall–Kier alpha value is -4.20. The highest BCUT2D eigenvalue weighted by Crippen LogP contribution is 2.15. The highest BCUT2D eigenvalue weighted by molar-refractivity contribution is 5.92. The van der Waals surface area contributed by atoms with Crippen LogP contribution in [-0.2, 0) is 11.3 Å². The third-order valence-electron chi connectivity index (χ3n) is 4.06. The highest BCUT2D eigenvalue weighted by atomic mass is 16.2. The molecule has 0 aliphatic rings. The van der Waals surface area contributed by atoms with E-state index >= 15 is 0 Å². The van der Waals surface area contributed by atoms with Crippen molar-refractivity contribution in [3.05, 3.63) is 89.7 Å². The molecule has 3 rings (SSSR count). The smallest absolute Gasteiger partial charge is 0.319 e. The number of nitrogens with one attached hydrogen (secondary N) is 3. The number of nitrogens with zero attached hydrogens (tertiary/aromatic N) is 2. The zero-order chi connectivity index (χ0) is 21.3. The van der Waals surface area contributed by atoms with Crippen LogP contribution < -0.4 is 21.5 Å². The Balaban J connectivity index is 1.62. The molecule has 0 aliphatic heterocycles. The van der Waals surface area contributed by atoms with Crippen LogP contribution in [0.2, 0.25) is 0 Å². The van der Waals surface area contributed by atoms with Gasteiger partial charge in [-0.15, -0.1) is 6.58 Å². The second-order valence-corrected chi connectivity index (χ2v) is 6.33. The molecule has 8 nitrogen and oxygen atoms in total. The molecule has 3 N–H and O–H groups in total. The van der Waals surface area contributed by atoms with Gasteiger partial charge in [0, 0.05) is 29.5 Å². The van der Waals surface area contributed by atoms with Crippen molar-refractivity contribution in [2.75, 3.05) is 17.2 Å². The maximum absolute atomic E-state index is 12.4. The SMILES string of the molecule is C=CCNC(=O)Nc1ccc(NC(=O)Cn2nc(-c3ccccc3)ccc2=O)cc1. The summed E-state index contributed by atoms with van der Waals surface area (Å²) in [6, 6.07) is 18.7. The number of anilines is 2. The van der Waals surface area contributed by atoms with Crippen molar-refractivity contribution in [2.45, 2.75) is 6.54 Å². The van der Waals surface area contributed by atoms with E-state index in [2.05, 4.69) is 27.6 Å². The van der Waals surface area contributed by atoms with Crippen molar-refractivity contribution in [3.63, 3.8) is 0 Å². The van der Waals surface area contributed by atoms with Crippen LogP contribution in [0.5, 0.6) is 0 Å². The summed E-state index contributed by atoms with van der Waals surface area (Å²) in [5.74, 6) is -0.390. The molecule has 3 amide bonds. The molecule has 0 atom stereocenters. The van der Waals surface area contributed by atoms with Crippen LogP contribution in [0.1, 0.15) is 0 Å². The van der Waals surface area contributed by atoms with Crippen molar-refractivity contribution in [2.24, 2.45) is 0 Å². The molecule has 152 valence electrons. The lowest BCUT2D eigenvalue weighted by Crippen LogP contribution is -2.29. The van der Waals surface area contributed by atoms with Crippen LogP contribution in [-0.4, -0.2) is 28.3 Å². The fourth-order valence-corrected chi connectivity index (χ4v) is 2.64. The molecule has 0 saturated heterocycles. The first kappa shape index (κ1) is 20.5. The van der Waals surface area contributed by atoms with Gasteiger partial charge in [-0.05, 0) is 30.3 Å². The summed E-state index contributed by atoms with van der Waals surface area (Å²) < 4.78 is 1.12. The van der Waals surface area contributed by atoms with E-state index in [4.69, 9.17) is 0 Å². The summed E-state index contributed by atoms with van der Waals surface area (Å²) >= 11 is 0. The number of urea groups is 1. The Morgan fingerprint density at radius 2 is 1.60 bits per heavy atom. The Bertz CT molecular complexity index is 1090. The molecular weight excluding hydrogens is 382 g/mol. The summed E-state index contributed by atoms with van der Waals surface area (Å²) in [7, 11) is 0. The molecule has 0 saturated carbocycles. The zero-order valence-electron chi connectivity index (χ0n) is 16.2. The predicted octanol–water partition coefficient (Wildman–Crippen LogP) is 2.86. The molecule has 0 aliphatic carbocycles. The Labute approximate surface area is 173 Å². The summed E-state index contributed by atoms with van der Waals surface area (Å²) in [5.41, 5.74) is 2.20. The first-order valence-electron chi connectivity index (χ1n) is 9.24. The van der Waals surface area contributed by atoms with E-state index in [1.165, 1.54) is 6.07 Å². The third kappa shape index (κ3) is 5.65. The van der Waals surface area contributed by atoms with Gasteiger partial charge < -0.3 is 16.0 Å². The molecule has 2 aromatic carbocycles. The fraction of sp³-hybridized carbons (Fsp3) is 0.0909. The second kappa shape index (κ2) is 9.83. The van der Waals surface area contributed by atoms with Gasteiger partial charge in [-0.3, -0.25) is 9.59 Å². The third-order valence-corrected chi connectivity index (χ3v) is 4.06. The van der Waals surface area contributed by atoms with Crippen LogP contribution in [0.3, 0.4) is 0 Å². The van der Waals surface area contributed by atoms with Crippen LogP contribution in [0.15, 0.2) is 84.2 Å². The van der Waals surface area contributed by atoms with Gasteiger partial charge in [0.25, 0.3) is 5.56 Å². The van der Waals surface area contributed by atoms with E-state index in [-0.39, 0.29) is 24.0 Å². The number of amides is 3. The average Bonchev–Trinajstić information content (AvgIpc) is 2.76. The number of hydrogen-bond acceptors (Lipinski definition) is 4. The van der Waals surface area contributed by atoms with Crippen LogP contribution in [0.4, 0.5) is 16.2 Å². The quantitative estimate of drug-likeness (QED) is 0.528. The maximum Gasteiger partial charge on any atom is 0.319 e. The number of benzene rings is 2. The van der Waals surface area contributed by atoms with Gasteiger partial charge in [-0.2, -0.15) is 5.10 Å². The Morgan fingerprint density at radius 1 is 0.933 bits per heavy atom. The van der Waals surface area contributed by atoms with Gasteiger partial charge in [0.2, 0.25) is 5.91 Å². The largest absolute Gasteiger partial charge is 0.334 e. The number of carbonyl (C=O) groups excluding carboxylic acids is 2. The fourth-order valence-electron chi connectivity index (χ4n) is 2.64. The van der Waals surface area contributed by atoms with Crippen molar-refractivity contribution >= 4 is 23.3 Å². The lowest BCUT2D eigenvalue weighted by molar-refractivity contribution is -0.117. The first-order valence-corrected chi connectivity index (χ1v) is 9.24. The summed E-state index contributed by atoms with van der Waals surface area (Å²) in [6.07, 6.45) is 1.58. The van der Waals surface area contributed by atoms with E-state index in [1.54, 1.807) is 36.4 Å². The normalized spacial score (nSPS) is 10.1. The molecule has 0 fully saturated rings. The Kier molecular flexibility index (Phi) is 6.73. The van der Waals surface area contributed by atoms with Gasteiger partial charge in [-0.1, -0.05) is 36.4 Å². The van der Waals surface area contributed by atoms with Gasteiger partial charge >= 0.3 is 6.03 Å². The lowest BCUT2D eigenvalue weighted by Gasteiger charge is -2.10. The van der Waals surface area contributed by atoms with Gasteiger partial charge in [0.05, 0.1) is 5.69 Å². The molecule has 1 aromatic heterocycles. The van der Waals surface area contributed by atoms with Gasteiger partial charge in [0.1, 0.15) is 6.54 Å². The number of carbonyl (C=O) groups is 2. The van der Waals surface area contributed by atoms with Crippen LogP contribution in [0, 0.1) is 0 Å². The number of hydrogen-bond donors (Lipinski definition) is 3. The molecule has 0 unspecified atom stereocenters. The van der Waals surface area contributed by atoms with Crippen LogP contribution in [0.25, 0.3) is 11.3 Å². The summed E-state index contributed by atoms with van der Waals surface area (Å²) in [4.78, 5) is 36.1. The summed E-state index contributed by atoms with van der Waals surface area (Å²) in [5, 5.41) is 12.2. The topological polar surface area (TPSA) is 105 Å². The standard InChI is InChI=1S/C22H21N5O3/c1-2-14-23-22(30)25-18-10-8-17(9-11-18)24-20(28)15-27-21(29)13-12-19(26-27)16-6-4-3-5-7-16/h2-13H,1,14-15H2,(H,24,28)(H2,23,25,30). The lowest BCUT2D eigenvalue weighted by atomic mass is 10.1. The molecule has 0 bridgehead atoms. The average molecular weight is 403 g/mol. The molecule has 3 aromatic rings. The molecule has 0 spiro atoms. The molecular formula is C22H21N5O3. The number of rotatable bonds is 7. The molecule has 30 heavy (non-hydrogen) atoms. The second-order valence-electron chi connectivity index (χ2n) is 6.33. The zero-order valence-corrected chi connectivity index (χ0v) is 16.2. The van der Waals surface area contributed by atoms with E-state index < -0.39 is 0 Å². The van der Waals surface area contributed by atoms with Crippen molar-refractivity contribution in [1.82, 2.24) is 15.1 Å². The molecule has 1 heterocycles. The minimum atomic E-state index is -0.390. The van der Waals surface area contributed by atoms with Crippen molar-refractivity contribution in [1.29, 1.82) is 0 Å². The van der Waals surface area contributed by atoms with E-state index in [0.717, 1.165) is 10.2 Å². The number of aromatic nitrogens is 2. The van der Waals surface area contributed by atoms with Gasteiger partial charge in [0.15, 0.2) is 0 Å².